The maximum atomic E-state index is 4.61. The molecule has 0 spiro atoms. The number of likely N-dealkylation sites (tertiary alicyclic amines) is 1. The molecule has 0 radical (unpaired) electrons. The molecule has 3 aromatic rings. The number of benzene rings is 1. The molecule has 2 aromatic heterocycles. The van der Waals surface area contributed by atoms with Gasteiger partial charge in [0.1, 0.15) is 0 Å². The predicted octanol–water partition coefficient (Wildman–Crippen LogP) is 3.20. The van der Waals surface area contributed by atoms with Crippen molar-refractivity contribution in [1.82, 2.24) is 25.0 Å². The van der Waals surface area contributed by atoms with Gasteiger partial charge in [-0.1, -0.05) is 30.3 Å². The van der Waals surface area contributed by atoms with Crippen LogP contribution in [0.3, 0.4) is 0 Å². The van der Waals surface area contributed by atoms with Gasteiger partial charge in [0.25, 0.3) is 0 Å². The fourth-order valence-electron chi connectivity index (χ4n) is 3.89. The summed E-state index contributed by atoms with van der Waals surface area (Å²) in [6.45, 7) is 6.35. The van der Waals surface area contributed by atoms with Gasteiger partial charge in [-0.15, -0.1) is 0 Å². The number of fused-ring (bicyclic) bond motifs is 1. The third-order valence-electron chi connectivity index (χ3n) is 5.31. The minimum Gasteiger partial charge on any atom is -0.305 e. The fourth-order valence-corrected chi connectivity index (χ4v) is 3.89. The molecule has 0 amide bonds. The number of nitrogens with zero attached hydrogens (tertiary/aromatic N) is 4. The number of pyridine rings is 1. The molecule has 1 unspecified atom stereocenters. The maximum absolute atomic E-state index is 4.61. The van der Waals surface area contributed by atoms with E-state index in [0.29, 0.717) is 6.04 Å². The maximum Gasteiger partial charge on any atom is 0.157 e. The first kappa shape index (κ1) is 17.2. The van der Waals surface area contributed by atoms with E-state index < -0.39 is 0 Å². The van der Waals surface area contributed by atoms with Crippen molar-refractivity contribution in [3.63, 3.8) is 0 Å². The molecular formula is C21H27N5. The van der Waals surface area contributed by atoms with E-state index in [0.717, 1.165) is 29.8 Å². The van der Waals surface area contributed by atoms with E-state index in [9.17, 15) is 0 Å². The number of aromatic nitrogens is 3. The quantitative estimate of drug-likeness (QED) is 0.742. The minimum absolute atomic E-state index is 0.333. The molecule has 1 atom stereocenters. The van der Waals surface area contributed by atoms with Gasteiger partial charge in [-0.25, -0.2) is 4.98 Å². The third-order valence-corrected chi connectivity index (χ3v) is 5.31. The molecule has 1 saturated heterocycles. The lowest BCUT2D eigenvalue weighted by molar-refractivity contribution is 0.291. The van der Waals surface area contributed by atoms with E-state index in [1.165, 1.54) is 37.1 Å². The number of hydrogen-bond donors (Lipinski definition) is 1. The standard InChI is InChI=1S/C21H27N5/c1-16-19-12-17(14-23-21(19)25(2)24-16)13-22-20(15-26-10-6-7-11-26)18-8-4-3-5-9-18/h3-5,8-9,12,14,20,22H,6-7,10-11,13,15H2,1-2H3. The van der Waals surface area contributed by atoms with E-state index in [4.69, 9.17) is 0 Å². The SMILES string of the molecule is Cc1nn(C)c2ncc(CNC(CN3CCCC3)c3ccccc3)cc12. The van der Waals surface area contributed by atoms with Crippen LogP contribution in [0.4, 0.5) is 0 Å². The molecule has 4 rings (SSSR count). The molecular weight excluding hydrogens is 322 g/mol. The largest absolute Gasteiger partial charge is 0.305 e. The number of aryl methyl sites for hydroxylation is 2. The zero-order chi connectivity index (χ0) is 17.9. The lowest BCUT2D eigenvalue weighted by atomic mass is 10.1. The van der Waals surface area contributed by atoms with Crippen molar-refractivity contribution in [2.24, 2.45) is 7.05 Å². The van der Waals surface area contributed by atoms with Crippen molar-refractivity contribution in [1.29, 1.82) is 0 Å². The molecule has 3 heterocycles. The van der Waals surface area contributed by atoms with Crippen LogP contribution in [0.1, 0.15) is 35.7 Å². The Kier molecular flexibility index (Phi) is 5.00. The molecule has 26 heavy (non-hydrogen) atoms. The van der Waals surface area contributed by atoms with Crippen LogP contribution < -0.4 is 5.32 Å². The van der Waals surface area contributed by atoms with Gasteiger partial charge < -0.3 is 10.2 Å². The summed E-state index contributed by atoms with van der Waals surface area (Å²) in [6.07, 6.45) is 4.61. The Balaban J connectivity index is 1.51. The summed E-state index contributed by atoms with van der Waals surface area (Å²) in [5, 5.41) is 9.37. The lowest BCUT2D eigenvalue weighted by Gasteiger charge is -2.25. The van der Waals surface area contributed by atoms with Crippen molar-refractivity contribution >= 4 is 11.0 Å². The van der Waals surface area contributed by atoms with Crippen molar-refractivity contribution in [2.75, 3.05) is 19.6 Å². The summed E-state index contributed by atoms with van der Waals surface area (Å²) in [4.78, 5) is 7.17. The van der Waals surface area contributed by atoms with Crippen LogP contribution in [-0.2, 0) is 13.6 Å². The van der Waals surface area contributed by atoms with Gasteiger partial charge in [-0.2, -0.15) is 5.10 Å². The third kappa shape index (κ3) is 3.64. The average Bonchev–Trinajstić information content (AvgIpc) is 3.27. The molecule has 1 N–H and O–H groups in total. The molecule has 0 bridgehead atoms. The second kappa shape index (κ2) is 7.56. The Morgan fingerprint density at radius 2 is 1.92 bits per heavy atom. The molecule has 1 aromatic carbocycles. The second-order valence-corrected chi connectivity index (χ2v) is 7.28. The van der Waals surface area contributed by atoms with Gasteiger partial charge in [0, 0.05) is 37.8 Å². The molecule has 1 aliphatic rings. The number of nitrogens with one attached hydrogen (secondary N) is 1. The summed E-state index contributed by atoms with van der Waals surface area (Å²) >= 11 is 0. The molecule has 1 aliphatic heterocycles. The van der Waals surface area contributed by atoms with E-state index in [2.05, 4.69) is 56.7 Å². The van der Waals surface area contributed by atoms with Crippen LogP contribution in [0.2, 0.25) is 0 Å². The summed E-state index contributed by atoms with van der Waals surface area (Å²) in [6, 6.07) is 13.3. The van der Waals surface area contributed by atoms with E-state index >= 15 is 0 Å². The predicted molar refractivity (Wildman–Crippen MR) is 105 cm³/mol. The number of rotatable bonds is 6. The van der Waals surface area contributed by atoms with Crippen LogP contribution in [0.15, 0.2) is 42.6 Å². The monoisotopic (exact) mass is 349 g/mol. The van der Waals surface area contributed by atoms with E-state index in [1.54, 1.807) is 0 Å². The highest BCUT2D eigenvalue weighted by Gasteiger charge is 2.19. The summed E-state index contributed by atoms with van der Waals surface area (Å²) in [7, 11) is 1.95. The van der Waals surface area contributed by atoms with Crippen LogP contribution in [0.5, 0.6) is 0 Å². The second-order valence-electron chi connectivity index (χ2n) is 7.28. The first-order valence-electron chi connectivity index (χ1n) is 9.49. The van der Waals surface area contributed by atoms with Gasteiger partial charge >= 0.3 is 0 Å². The average molecular weight is 349 g/mol. The summed E-state index contributed by atoms with van der Waals surface area (Å²) < 4.78 is 1.85. The summed E-state index contributed by atoms with van der Waals surface area (Å²) in [5.74, 6) is 0. The Morgan fingerprint density at radius 1 is 1.15 bits per heavy atom. The van der Waals surface area contributed by atoms with Gasteiger partial charge in [0.2, 0.25) is 0 Å². The highest BCUT2D eigenvalue weighted by Crippen LogP contribution is 2.20. The minimum atomic E-state index is 0.333. The van der Waals surface area contributed by atoms with E-state index in [-0.39, 0.29) is 0 Å². The highest BCUT2D eigenvalue weighted by molar-refractivity contribution is 5.78. The first-order chi connectivity index (χ1) is 12.7. The van der Waals surface area contributed by atoms with Crippen molar-refractivity contribution in [3.8, 4) is 0 Å². The highest BCUT2D eigenvalue weighted by atomic mass is 15.3. The van der Waals surface area contributed by atoms with Crippen LogP contribution in [0, 0.1) is 6.92 Å². The Labute approximate surface area is 155 Å². The first-order valence-corrected chi connectivity index (χ1v) is 9.49. The molecule has 1 fully saturated rings. The van der Waals surface area contributed by atoms with Crippen LogP contribution in [0.25, 0.3) is 11.0 Å². The smallest absolute Gasteiger partial charge is 0.157 e. The van der Waals surface area contributed by atoms with Crippen molar-refractivity contribution < 1.29 is 0 Å². The van der Waals surface area contributed by atoms with Gasteiger partial charge in [-0.05, 0) is 50.0 Å². The zero-order valence-corrected chi connectivity index (χ0v) is 15.7. The van der Waals surface area contributed by atoms with Gasteiger partial charge in [0.15, 0.2) is 5.65 Å². The molecule has 5 heteroatoms. The van der Waals surface area contributed by atoms with Gasteiger partial charge in [-0.3, -0.25) is 4.68 Å². The Bertz CT molecular complexity index is 865. The van der Waals surface area contributed by atoms with Crippen LogP contribution >= 0.6 is 0 Å². The zero-order valence-electron chi connectivity index (χ0n) is 15.7. The molecule has 0 aliphatic carbocycles. The van der Waals surface area contributed by atoms with Crippen LogP contribution in [-0.4, -0.2) is 39.3 Å². The van der Waals surface area contributed by atoms with E-state index in [1.807, 2.05) is 24.9 Å². The topological polar surface area (TPSA) is 46.0 Å². The fraction of sp³-hybridized carbons (Fsp3) is 0.429. The molecule has 5 nitrogen and oxygen atoms in total. The normalized spacial score (nSPS) is 16.4. The molecule has 136 valence electrons. The van der Waals surface area contributed by atoms with Gasteiger partial charge in [0.05, 0.1) is 5.69 Å². The molecule has 0 saturated carbocycles. The Morgan fingerprint density at radius 3 is 2.69 bits per heavy atom. The number of hydrogen-bond acceptors (Lipinski definition) is 4. The lowest BCUT2D eigenvalue weighted by Crippen LogP contribution is -2.33. The summed E-state index contributed by atoms with van der Waals surface area (Å²) in [5.41, 5.74) is 4.54. The van der Waals surface area contributed by atoms with Crippen molar-refractivity contribution in [2.45, 2.75) is 32.4 Å². The van der Waals surface area contributed by atoms with Crippen molar-refractivity contribution in [3.05, 3.63) is 59.4 Å². The Hall–Kier alpha value is -2.24.